The number of imidazole rings is 1. The lowest BCUT2D eigenvalue weighted by Crippen LogP contribution is -2.32. The Morgan fingerprint density at radius 2 is 1.79 bits per heavy atom. The first kappa shape index (κ1) is 22.5. The molecule has 170 valence electrons. The van der Waals surface area contributed by atoms with Crippen molar-refractivity contribution >= 4 is 22.7 Å². The van der Waals surface area contributed by atoms with Crippen LogP contribution >= 0.6 is 0 Å². The van der Waals surface area contributed by atoms with Gasteiger partial charge in [0.1, 0.15) is 11.5 Å². The smallest absolute Gasteiger partial charge is 0.268 e. The minimum absolute atomic E-state index is 0.0302. The summed E-state index contributed by atoms with van der Waals surface area (Å²) in [4.78, 5) is 35.9. The van der Waals surface area contributed by atoms with E-state index in [-0.39, 0.29) is 11.7 Å². The number of likely N-dealkylation sites (N-methyl/N-ethyl adjacent to an activating group) is 1. The van der Waals surface area contributed by atoms with E-state index in [2.05, 4.69) is 10.3 Å². The van der Waals surface area contributed by atoms with Crippen LogP contribution in [0.15, 0.2) is 48.5 Å². The van der Waals surface area contributed by atoms with Gasteiger partial charge in [-0.2, -0.15) is 0 Å². The summed E-state index contributed by atoms with van der Waals surface area (Å²) in [6.45, 7) is 5.28. The van der Waals surface area contributed by atoms with Gasteiger partial charge in [-0.3, -0.25) is 9.59 Å². The van der Waals surface area contributed by atoms with Gasteiger partial charge in [-0.15, -0.1) is 0 Å². The lowest BCUT2D eigenvalue weighted by atomic mass is 10.0. The van der Waals surface area contributed by atoms with Crippen LogP contribution in [0.3, 0.4) is 0 Å². The molecule has 0 saturated carbocycles. The Morgan fingerprint density at radius 3 is 2.48 bits per heavy atom. The highest BCUT2D eigenvalue weighted by molar-refractivity contribution is 6.10. The zero-order chi connectivity index (χ0) is 23.7. The van der Waals surface area contributed by atoms with Crippen molar-refractivity contribution in [3.8, 4) is 11.4 Å². The highest BCUT2D eigenvalue weighted by Crippen LogP contribution is 2.31. The number of rotatable bonds is 7. The van der Waals surface area contributed by atoms with Gasteiger partial charge in [-0.05, 0) is 51.7 Å². The maximum absolute atomic E-state index is 12.9. The lowest BCUT2D eigenvalue weighted by molar-refractivity contribution is 0.0941. The molecule has 0 aliphatic rings. The van der Waals surface area contributed by atoms with E-state index in [0.717, 1.165) is 34.4 Å². The number of fused-ring (bicyclic) bond motifs is 1. The lowest BCUT2D eigenvalue weighted by Gasteiger charge is -2.11. The molecule has 2 N–H and O–H groups in total. The predicted octanol–water partition coefficient (Wildman–Crippen LogP) is 3.71. The van der Waals surface area contributed by atoms with Gasteiger partial charge in [0.25, 0.3) is 5.91 Å². The molecule has 7 heteroatoms. The Hall–Kier alpha value is -3.71. The molecule has 4 rings (SSSR count). The molecule has 33 heavy (non-hydrogen) atoms. The molecular weight excluding hydrogens is 414 g/mol. The number of hydrogen-bond donors (Lipinski definition) is 2. The second-order valence-corrected chi connectivity index (χ2v) is 8.56. The summed E-state index contributed by atoms with van der Waals surface area (Å²) >= 11 is 0. The van der Waals surface area contributed by atoms with Gasteiger partial charge in [0, 0.05) is 42.5 Å². The van der Waals surface area contributed by atoms with Crippen LogP contribution in [0.5, 0.6) is 0 Å². The number of H-pyrrole nitrogens is 1. The van der Waals surface area contributed by atoms with Crippen molar-refractivity contribution in [1.29, 1.82) is 0 Å². The Balaban J connectivity index is 1.68. The zero-order valence-electron chi connectivity index (χ0n) is 19.7. The van der Waals surface area contributed by atoms with Crippen molar-refractivity contribution < 1.29 is 9.59 Å². The number of aromatic nitrogens is 3. The third-order valence-electron chi connectivity index (χ3n) is 6.01. The van der Waals surface area contributed by atoms with E-state index in [1.807, 2.05) is 86.9 Å². The molecule has 0 spiro atoms. The minimum Gasteiger partial charge on any atom is -0.349 e. The van der Waals surface area contributed by atoms with Gasteiger partial charge in [0.15, 0.2) is 5.78 Å². The van der Waals surface area contributed by atoms with Crippen molar-refractivity contribution in [3.05, 3.63) is 76.6 Å². The Labute approximate surface area is 193 Å². The highest BCUT2D eigenvalue weighted by atomic mass is 16.2. The van der Waals surface area contributed by atoms with E-state index in [9.17, 15) is 9.59 Å². The van der Waals surface area contributed by atoms with Crippen molar-refractivity contribution in [2.75, 3.05) is 27.2 Å². The van der Waals surface area contributed by atoms with Gasteiger partial charge in [-0.1, -0.05) is 30.3 Å². The average molecular weight is 444 g/mol. The first-order valence-electron chi connectivity index (χ1n) is 11.0. The molecule has 2 aromatic heterocycles. The first-order chi connectivity index (χ1) is 15.8. The molecule has 2 heterocycles. The third kappa shape index (κ3) is 4.32. The summed E-state index contributed by atoms with van der Waals surface area (Å²) in [6.07, 6.45) is 0. The first-order valence-corrected chi connectivity index (χ1v) is 11.0. The molecule has 0 bridgehead atoms. The van der Waals surface area contributed by atoms with Crippen LogP contribution in [0.4, 0.5) is 0 Å². The zero-order valence-corrected chi connectivity index (χ0v) is 19.7. The second kappa shape index (κ2) is 9.03. The van der Waals surface area contributed by atoms with E-state index >= 15 is 0 Å². The van der Waals surface area contributed by atoms with Gasteiger partial charge < -0.3 is 19.8 Å². The molecular formula is C26H29N5O2. The van der Waals surface area contributed by atoms with Crippen LogP contribution in [0.25, 0.3) is 22.4 Å². The van der Waals surface area contributed by atoms with Gasteiger partial charge in [0.2, 0.25) is 0 Å². The molecule has 1 amide bonds. The maximum Gasteiger partial charge on any atom is 0.268 e. The third-order valence-corrected chi connectivity index (χ3v) is 6.01. The summed E-state index contributed by atoms with van der Waals surface area (Å²) < 4.78 is 1.91. The molecule has 0 aliphatic carbocycles. The van der Waals surface area contributed by atoms with Crippen LogP contribution in [0, 0.1) is 13.8 Å². The van der Waals surface area contributed by atoms with Gasteiger partial charge in [-0.25, -0.2) is 4.98 Å². The number of benzene rings is 2. The number of carbonyl (C=O) groups excluding carboxylic acids is 2. The van der Waals surface area contributed by atoms with Crippen molar-refractivity contribution in [2.45, 2.75) is 13.8 Å². The minimum atomic E-state index is -0.0990. The van der Waals surface area contributed by atoms with E-state index in [1.165, 1.54) is 0 Å². The molecule has 0 radical (unpaired) electrons. The monoisotopic (exact) mass is 443 g/mol. The standard InChI is InChI=1S/C26H29N5O2/c1-16-22(17(2)31(5)23(16)26(33)27-13-14-30(3)4)25-28-20-12-11-19(15-21(20)29-25)24(32)18-9-7-6-8-10-18/h6-12,15H,13-14H2,1-5H3,(H,27,33)(H,28,29). The van der Waals surface area contributed by atoms with E-state index in [0.29, 0.717) is 29.2 Å². The molecule has 7 nitrogen and oxygen atoms in total. The molecule has 4 aromatic rings. The number of ketones is 1. The fourth-order valence-corrected chi connectivity index (χ4v) is 4.15. The molecule has 2 aromatic carbocycles. The second-order valence-electron chi connectivity index (χ2n) is 8.56. The van der Waals surface area contributed by atoms with Gasteiger partial charge >= 0.3 is 0 Å². The normalized spacial score (nSPS) is 11.3. The van der Waals surface area contributed by atoms with Gasteiger partial charge in [0.05, 0.1) is 11.0 Å². The number of nitrogens with one attached hydrogen (secondary N) is 2. The summed E-state index contributed by atoms with van der Waals surface area (Å²) in [6, 6.07) is 14.7. The predicted molar refractivity (Wildman–Crippen MR) is 131 cm³/mol. The van der Waals surface area contributed by atoms with E-state index in [1.54, 1.807) is 6.07 Å². The number of aromatic amines is 1. The van der Waals surface area contributed by atoms with Crippen molar-refractivity contribution in [1.82, 2.24) is 24.8 Å². The molecule has 0 saturated heterocycles. The fourth-order valence-electron chi connectivity index (χ4n) is 4.15. The largest absolute Gasteiger partial charge is 0.349 e. The van der Waals surface area contributed by atoms with Crippen LogP contribution in [0.1, 0.15) is 37.7 Å². The number of hydrogen-bond acceptors (Lipinski definition) is 4. The molecule has 0 fully saturated rings. The quantitative estimate of drug-likeness (QED) is 0.427. The highest BCUT2D eigenvalue weighted by Gasteiger charge is 2.23. The Kier molecular flexibility index (Phi) is 6.16. The number of carbonyl (C=O) groups is 2. The Morgan fingerprint density at radius 1 is 1.06 bits per heavy atom. The maximum atomic E-state index is 12.9. The van der Waals surface area contributed by atoms with E-state index in [4.69, 9.17) is 4.98 Å². The summed E-state index contributed by atoms with van der Waals surface area (Å²) in [5, 5.41) is 3.00. The van der Waals surface area contributed by atoms with Crippen LogP contribution < -0.4 is 5.32 Å². The van der Waals surface area contributed by atoms with Crippen LogP contribution in [0.2, 0.25) is 0 Å². The number of amides is 1. The summed E-state index contributed by atoms with van der Waals surface area (Å²) in [5.74, 6) is 0.558. The SMILES string of the molecule is Cc1c(-c2nc3ccc(C(=O)c4ccccc4)cc3[nH]2)c(C)n(C)c1C(=O)NCCN(C)C. The number of nitrogens with zero attached hydrogens (tertiary/aromatic N) is 3. The molecule has 0 atom stereocenters. The average Bonchev–Trinajstić information content (AvgIpc) is 3.30. The molecule has 0 aliphatic heterocycles. The summed E-state index contributed by atoms with van der Waals surface area (Å²) in [7, 11) is 5.84. The Bertz CT molecular complexity index is 1330. The topological polar surface area (TPSA) is 83.0 Å². The van der Waals surface area contributed by atoms with Crippen LogP contribution in [-0.4, -0.2) is 58.3 Å². The molecule has 0 unspecified atom stereocenters. The fraction of sp³-hybridized carbons (Fsp3) is 0.269. The van der Waals surface area contributed by atoms with Crippen molar-refractivity contribution in [3.63, 3.8) is 0 Å². The van der Waals surface area contributed by atoms with E-state index < -0.39 is 0 Å². The van der Waals surface area contributed by atoms with Crippen molar-refractivity contribution in [2.24, 2.45) is 7.05 Å². The van der Waals surface area contributed by atoms with Crippen LogP contribution in [-0.2, 0) is 7.05 Å². The summed E-state index contributed by atoms with van der Waals surface area (Å²) in [5.41, 5.74) is 6.16.